The number of ether oxygens (including phenoxy) is 1. The van der Waals surface area contributed by atoms with E-state index in [0.29, 0.717) is 22.9 Å². The molecule has 164 valence electrons. The largest absolute Gasteiger partial charge is 0.497 e. The highest BCUT2D eigenvalue weighted by molar-refractivity contribution is 6.30. The molecule has 2 aromatic rings. The fourth-order valence-electron chi connectivity index (χ4n) is 3.74. The molecule has 1 aliphatic rings. The van der Waals surface area contributed by atoms with Crippen LogP contribution in [0.5, 0.6) is 5.75 Å². The SMILES string of the molecule is CCCCN1C(=O)CC(C(=O)NNC(=O)c2cccc(Cl)c2)C1c1ccc(OC)cc1. The summed E-state index contributed by atoms with van der Waals surface area (Å²) < 4.78 is 5.22. The molecule has 3 rings (SSSR count). The smallest absolute Gasteiger partial charge is 0.269 e. The van der Waals surface area contributed by atoms with Crippen LogP contribution in [0.3, 0.4) is 0 Å². The molecule has 2 aromatic carbocycles. The van der Waals surface area contributed by atoms with Crippen molar-refractivity contribution in [3.8, 4) is 5.75 Å². The minimum atomic E-state index is -0.627. The summed E-state index contributed by atoms with van der Waals surface area (Å²) in [6.07, 6.45) is 1.86. The molecule has 3 amide bonds. The van der Waals surface area contributed by atoms with Crippen LogP contribution >= 0.6 is 11.6 Å². The first-order valence-corrected chi connectivity index (χ1v) is 10.6. The van der Waals surface area contributed by atoms with Crippen LogP contribution in [-0.4, -0.2) is 36.3 Å². The first kappa shape index (κ1) is 22.6. The maximum atomic E-state index is 13.0. The monoisotopic (exact) mass is 443 g/mol. The molecular formula is C23H26ClN3O4. The molecule has 2 atom stereocenters. The highest BCUT2D eigenvalue weighted by atomic mass is 35.5. The summed E-state index contributed by atoms with van der Waals surface area (Å²) >= 11 is 5.92. The fourth-order valence-corrected chi connectivity index (χ4v) is 3.93. The molecule has 1 fully saturated rings. The molecule has 8 heteroatoms. The van der Waals surface area contributed by atoms with Crippen molar-refractivity contribution in [1.29, 1.82) is 0 Å². The lowest BCUT2D eigenvalue weighted by molar-refractivity contribution is -0.129. The number of nitrogens with zero attached hydrogens (tertiary/aromatic N) is 1. The average molecular weight is 444 g/mol. The first-order chi connectivity index (χ1) is 14.9. The van der Waals surface area contributed by atoms with Gasteiger partial charge in [-0.15, -0.1) is 0 Å². The zero-order chi connectivity index (χ0) is 22.4. The summed E-state index contributed by atoms with van der Waals surface area (Å²) in [6.45, 7) is 2.63. The number of hydrogen-bond acceptors (Lipinski definition) is 4. The molecule has 1 aliphatic heterocycles. The molecule has 1 saturated heterocycles. The van der Waals surface area contributed by atoms with E-state index in [-0.39, 0.29) is 12.3 Å². The Labute approximate surface area is 186 Å². The molecule has 0 aromatic heterocycles. The van der Waals surface area contributed by atoms with Crippen molar-refractivity contribution in [3.05, 3.63) is 64.7 Å². The van der Waals surface area contributed by atoms with E-state index in [1.54, 1.807) is 30.2 Å². The van der Waals surface area contributed by atoms with E-state index in [9.17, 15) is 14.4 Å². The number of carbonyl (C=O) groups excluding carboxylic acids is 3. The van der Waals surface area contributed by atoms with Gasteiger partial charge in [-0.3, -0.25) is 25.2 Å². The number of halogens is 1. The van der Waals surface area contributed by atoms with E-state index >= 15 is 0 Å². The zero-order valence-electron chi connectivity index (χ0n) is 17.6. The summed E-state index contributed by atoms with van der Waals surface area (Å²) in [5.41, 5.74) is 6.07. The summed E-state index contributed by atoms with van der Waals surface area (Å²) in [5, 5.41) is 0.423. The van der Waals surface area contributed by atoms with Crippen LogP contribution in [0.1, 0.15) is 48.1 Å². The van der Waals surface area contributed by atoms with Crippen molar-refractivity contribution in [2.24, 2.45) is 5.92 Å². The van der Waals surface area contributed by atoms with Crippen LogP contribution in [0.2, 0.25) is 5.02 Å². The van der Waals surface area contributed by atoms with Crippen LogP contribution in [0, 0.1) is 5.92 Å². The van der Waals surface area contributed by atoms with Crippen molar-refractivity contribution in [2.75, 3.05) is 13.7 Å². The second-order valence-corrected chi connectivity index (χ2v) is 7.86. The normalized spacial score (nSPS) is 18.0. The van der Waals surface area contributed by atoms with Gasteiger partial charge in [-0.25, -0.2) is 0 Å². The molecule has 2 unspecified atom stereocenters. The Morgan fingerprint density at radius 2 is 1.90 bits per heavy atom. The molecule has 0 radical (unpaired) electrons. The van der Waals surface area contributed by atoms with Gasteiger partial charge in [-0.1, -0.05) is 43.1 Å². The highest BCUT2D eigenvalue weighted by Crippen LogP contribution is 2.39. The second-order valence-electron chi connectivity index (χ2n) is 7.42. The van der Waals surface area contributed by atoms with Crippen LogP contribution in [0.25, 0.3) is 0 Å². The number of hydrazine groups is 1. The Balaban J connectivity index is 1.76. The molecule has 0 saturated carbocycles. The van der Waals surface area contributed by atoms with Crippen molar-refractivity contribution in [1.82, 2.24) is 15.8 Å². The fraction of sp³-hybridized carbons (Fsp3) is 0.348. The van der Waals surface area contributed by atoms with Gasteiger partial charge in [-0.2, -0.15) is 0 Å². The lowest BCUT2D eigenvalue weighted by Crippen LogP contribution is -2.45. The summed E-state index contributed by atoms with van der Waals surface area (Å²) in [5.74, 6) is -0.900. The lowest BCUT2D eigenvalue weighted by atomic mass is 9.93. The Morgan fingerprint density at radius 3 is 2.55 bits per heavy atom. The van der Waals surface area contributed by atoms with E-state index in [1.807, 2.05) is 24.3 Å². The number of methoxy groups -OCH3 is 1. The minimum absolute atomic E-state index is 0.0735. The van der Waals surface area contributed by atoms with E-state index in [4.69, 9.17) is 16.3 Å². The minimum Gasteiger partial charge on any atom is -0.497 e. The molecule has 0 bridgehead atoms. The second kappa shape index (κ2) is 10.3. The number of nitrogens with one attached hydrogen (secondary N) is 2. The molecule has 7 nitrogen and oxygen atoms in total. The number of benzene rings is 2. The molecule has 31 heavy (non-hydrogen) atoms. The standard InChI is InChI=1S/C23H26ClN3O4/c1-3-4-12-27-20(28)14-19(21(27)15-8-10-18(31-2)11-9-15)23(30)26-25-22(29)16-6-5-7-17(24)13-16/h5-11,13,19,21H,3-4,12,14H2,1-2H3,(H,25,29)(H,26,30). The van der Waals surface area contributed by atoms with Gasteiger partial charge in [-0.05, 0) is 42.3 Å². The van der Waals surface area contributed by atoms with Crippen LogP contribution in [-0.2, 0) is 9.59 Å². The average Bonchev–Trinajstić information content (AvgIpc) is 3.11. The Kier molecular flexibility index (Phi) is 7.52. The van der Waals surface area contributed by atoms with Gasteiger partial charge < -0.3 is 9.64 Å². The van der Waals surface area contributed by atoms with E-state index in [2.05, 4.69) is 17.8 Å². The van der Waals surface area contributed by atoms with Crippen molar-refractivity contribution in [3.63, 3.8) is 0 Å². The van der Waals surface area contributed by atoms with Crippen LogP contribution in [0.4, 0.5) is 0 Å². The summed E-state index contributed by atoms with van der Waals surface area (Å²) in [7, 11) is 1.58. The predicted octanol–water partition coefficient (Wildman–Crippen LogP) is 3.50. The van der Waals surface area contributed by atoms with Crippen molar-refractivity contribution >= 4 is 29.3 Å². The molecular weight excluding hydrogens is 418 g/mol. The van der Waals surface area contributed by atoms with E-state index in [1.165, 1.54) is 6.07 Å². The van der Waals surface area contributed by atoms with Gasteiger partial charge in [0.25, 0.3) is 5.91 Å². The zero-order valence-corrected chi connectivity index (χ0v) is 18.3. The lowest BCUT2D eigenvalue weighted by Gasteiger charge is -2.28. The van der Waals surface area contributed by atoms with Gasteiger partial charge >= 0.3 is 0 Å². The number of carbonyl (C=O) groups is 3. The molecule has 0 spiro atoms. The number of unbranched alkanes of at least 4 members (excludes halogenated alkanes) is 1. The quantitative estimate of drug-likeness (QED) is 0.641. The first-order valence-electron chi connectivity index (χ1n) is 10.2. The number of likely N-dealkylation sites (tertiary alicyclic amines) is 1. The third-order valence-electron chi connectivity index (χ3n) is 5.36. The summed E-state index contributed by atoms with van der Waals surface area (Å²) in [6, 6.07) is 13.4. The van der Waals surface area contributed by atoms with Gasteiger partial charge in [0, 0.05) is 23.6 Å². The van der Waals surface area contributed by atoms with Crippen molar-refractivity contribution < 1.29 is 19.1 Å². The van der Waals surface area contributed by atoms with E-state index in [0.717, 1.165) is 18.4 Å². The van der Waals surface area contributed by atoms with Gasteiger partial charge in [0.1, 0.15) is 5.75 Å². The molecule has 2 N–H and O–H groups in total. The van der Waals surface area contributed by atoms with E-state index < -0.39 is 23.8 Å². The predicted molar refractivity (Wildman–Crippen MR) is 118 cm³/mol. The number of rotatable bonds is 7. The van der Waals surface area contributed by atoms with Crippen molar-refractivity contribution in [2.45, 2.75) is 32.2 Å². The maximum absolute atomic E-state index is 13.0. The van der Waals surface area contributed by atoms with Gasteiger partial charge in [0.15, 0.2) is 0 Å². The highest BCUT2D eigenvalue weighted by Gasteiger charge is 2.44. The van der Waals surface area contributed by atoms with Gasteiger partial charge in [0.05, 0.1) is 19.1 Å². The third-order valence-corrected chi connectivity index (χ3v) is 5.60. The third kappa shape index (κ3) is 5.35. The maximum Gasteiger partial charge on any atom is 0.269 e. The van der Waals surface area contributed by atoms with Gasteiger partial charge in [0.2, 0.25) is 11.8 Å². The number of amides is 3. The topological polar surface area (TPSA) is 87.7 Å². The van der Waals surface area contributed by atoms with Crippen LogP contribution < -0.4 is 15.6 Å². The Morgan fingerprint density at radius 1 is 1.16 bits per heavy atom. The Hall–Kier alpha value is -3.06. The molecule has 1 heterocycles. The summed E-state index contributed by atoms with van der Waals surface area (Å²) in [4.78, 5) is 39.8. The Bertz CT molecular complexity index is 948. The van der Waals surface area contributed by atoms with Crippen LogP contribution in [0.15, 0.2) is 48.5 Å². The molecule has 0 aliphatic carbocycles. The number of hydrogen-bond donors (Lipinski definition) is 2.